The lowest BCUT2D eigenvalue weighted by Crippen LogP contribution is -2.37. The van der Waals surface area contributed by atoms with Crippen LogP contribution in [0, 0.1) is 0 Å². The van der Waals surface area contributed by atoms with Gasteiger partial charge in [0.25, 0.3) is 0 Å². The third-order valence-electron chi connectivity index (χ3n) is 3.60. The van der Waals surface area contributed by atoms with Crippen molar-refractivity contribution in [2.45, 2.75) is 30.2 Å². The Balaban J connectivity index is 1.88. The Hall–Kier alpha value is -0.930. The minimum atomic E-state index is 0.341. The molecule has 2 aliphatic rings. The highest BCUT2D eigenvalue weighted by atomic mass is 32.2. The zero-order valence-electron chi connectivity index (χ0n) is 10.7. The molecule has 96 valence electrons. The maximum absolute atomic E-state index is 5.78. The van der Waals surface area contributed by atoms with E-state index >= 15 is 0 Å². The first-order chi connectivity index (χ1) is 8.90. The average molecular weight is 261 g/mol. The van der Waals surface area contributed by atoms with Crippen molar-refractivity contribution < 1.29 is 4.74 Å². The average Bonchev–Trinajstić information content (AvgIpc) is 3.06. The molecule has 3 heteroatoms. The van der Waals surface area contributed by atoms with Crippen LogP contribution in [0.25, 0.3) is 0 Å². The molecule has 0 aliphatic carbocycles. The number of likely N-dealkylation sites (N-methyl/N-ethyl adjacent to an activating group) is 1. The lowest BCUT2D eigenvalue weighted by molar-refractivity contribution is 0.208. The summed E-state index contributed by atoms with van der Waals surface area (Å²) in [6, 6.07) is 9.10. The zero-order chi connectivity index (χ0) is 12.4. The van der Waals surface area contributed by atoms with Gasteiger partial charge in [0, 0.05) is 23.0 Å². The van der Waals surface area contributed by atoms with E-state index in [4.69, 9.17) is 4.74 Å². The molecule has 0 saturated heterocycles. The molecule has 0 aromatic heterocycles. The van der Waals surface area contributed by atoms with Crippen molar-refractivity contribution in [1.82, 2.24) is 5.32 Å². The van der Waals surface area contributed by atoms with Gasteiger partial charge >= 0.3 is 0 Å². The Kier molecular flexibility index (Phi) is 3.62. The fraction of sp³-hybridized carbons (Fsp3) is 0.467. The molecular formula is C15H19NOS. The molecule has 0 radical (unpaired) electrons. The smallest absolute Gasteiger partial charge is 0.110 e. The van der Waals surface area contributed by atoms with Gasteiger partial charge in [-0.25, -0.2) is 0 Å². The highest BCUT2D eigenvalue weighted by Crippen LogP contribution is 2.42. The molecule has 0 amide bonds. The van der Waals surface area contributed by atoms with Crippen LogP contribution in [-0.4, -0.2) is 24.9 Å². The Morgan fingerprint density at radius 1 is 1.44 bits per heavy atom. The number of nitrogens with one attached hydrogen (secondary N) is 1. The first kappa shape index (κ1) is 12.1. The number of hydrogen-bond donors (Lipinski definition) is 1. The highest BCUT2D eigenvalue weighted by molar-refractivity contribution is 7.99. The standard InChI is InChI=1S/C15H19NOS/c1-2-16-15(13-7-5-9-17-13)12-10-18-14-8-4-3-6-11(12)14/h3-4,6-8,12,15-16H,2,5,9-10H2,1H3. The van der Waals surface area contributed by atoms with Crippen LogP contribution in [0.3, 0.4) is 0 Å². The summed E-state index contributed by atoms with van der Waals surface area (Å²) in [7, 11) is 0. The molecule has 2 nitrogen and oxygen atoms in total. The molecule has 2 heterocycles. The minimum Gasteiger partial charge on any atom is -0.496 e. The van der Waals surface area contributed by atoms with Crippen LogP contribution in [0.15, 0.2) is 41.0 Å². The van der Waals surface area contributed by atoms with Gasteiger partial charge in [-0.1, -0.05) is 25.1 Å². The molecule has 2 atom stereocenters. The second-order valence-electron chi connectivity index (χ2n) is 4.73. The van der Waals surface area contributed by atoms with Gasteiger partial charge in [-0.05, 0) is 24.3 Å². The summed E-state index contributed by atoms with van der Waals surface area (Å²) in [6.45, 7) is 3.99. The van der Waals surface area contributed by atoms with Gasteiger partial charge in [-0.2, -0.15) is 0 Å². The first-order valence-electron chi connectivity index (χ1n) is 6.68. The highest BCUT2D eigenvalue weighted by Gasteiger charge is 2.33. The fourth-order valence-corrected chi connectivity index (χ4v) is 4.07. The van der Waals surface area contributed by atoms with Crippen molar-refractivity contribution in [3.8, 4) is 0 Å². The van der Waals surface area contributed by atoms with Crippen LogP contribution >= 0.6 is 11.8 Å². The van der Waals surface area contributed by atoms with Crippen LogP contribution in [0.4, 0.5) is 0 Å². The van der Waals surface area contributed by atoms with Gasteiger partial charge in [0.05, 0.1) is 12.6 Å². The van der Waals surface area contributed by atoms with Crippen LogP contribution in [0.1, 0.15) is 24.8 Å². The van der Waals surface area contributed by atoms with E-state index in [0.717, 1.165) is 31.1 Å². The van der Waals surface area contributed by atoms with Crippen molar-refractivity contribution in [1.29, 1.82) is 0 Å². The van der Waals surface area contributed by atoms with Gasteiger partial charge in [0.15, 0.2) is 0 Å². The predicted octanol–water partition coefficient (Wildman–Crippen LogP) is 3.16. The van der Waals surface area contributed by atoms with Gasteiger partial charge in [0.2, 0.25) is 0 Å². The normalized spacial score (nSPS) is 23.4. The summed E-state index contributed by atoms with van der Waals surface area (Å²) in [5, 5.41) is 3.60. The third-order valence-corrected chi connectivity index (χ3v) is 4.81. The number of benzene rings is 1. The lowest BCUT2D eigenvalue weighted by Gasteiger charge is -2.25. The summed E-state index contributed by atoms with van der Waals surface area (Å²) < 4.78 is 5.78. The van der Waals surface area contributed by atoms with E-state index in [1.807, 2.05) is 11.8 Å². The first-order valence-corrected chi connectivity index (χ1v) is 7.66. The van der Waals surface area contributed by atoms with Gasteiger partial charge in [-0.3, -0.25) is 0 Å². The topological polar surface area (TPSA) is 21.3 Å². The summed E-state index contributed by atoms with van der Waals surface area (Å²) in [6.07, 6.45) is 3.30. The van der Waals surface area contributed by atoms with E-state index in [2.05, 4.69) is 42.6 Å². The summed E-state index contributed by atoms with van der Waals surface area (Å²) in [5.41, 5.74) is 1.48. The fourth-order valence-electron chi connectivity index (χ4n) is 2.78. The number of thioether (sulfide) groups is 1. The van der Waals surface area contributed by atoms with Gasteiger partial charge < -0.3 is 10.1 Å². The predicted molar refractivity (Wildman–Crippen MR) is 76.0 cm³/mol. The Bertz CT molecular complexity index is 458. The van der Waals surface area contributed by atoms with E-state index in [9.17, 15) is 0 Å². The van der Waals surface area contributed by atoms with Gasteiger partial charge in [0.1, 0.15) is 5.76 Å². The third kappa shape index (κ3) is 2.17. The second-order valence-corrected chi connectivity index (χ2v) is 5.80. The molecule has 3 rings (SSSR count). The Morgan fingerprint density at radius 2 is 2.33 bits per heavy atom. The van der Waals surface area contributed by atoms with E-state index in [-0.39, 0.29) is 0 Å². The number of hydrogen-bond acceptors (Lipinski definition) is 3. The second kappa shape index (κ2) is 5.37. The molecule has 1 aromatic rings. The zero-order valence-corrected chi connectivity index (χ0v) is 11.5. The van der Waals surface area contributed by atoms with Crippen LogP contribution in [0.2, 0.25) is 0 Å². The quantitative estimate of drug-likeness (QED) is 0.899. The van der Waals surface area contributed by atoms with E-state index in [1.54, 1.807) is 0 Å². The van der Waals surface area contributed by atoms with E-state index < -0.39 is 0 Å². The van der Waals surface area contributed by atoms with Crippen molar-refractivity contribution in [3.63, 3.8) is 0 Å². The summed E-state index contributed by atoms with van der Waals surface area (Å²) in [4.78, 5) is 1.43. The molecule has 0 saturated carbocycles. The van der Waals surface area contributed by atoms with Crippen LogP contribution < -0.4 is 5.32 Å². The molecule has 0 fully saturated rings. The molecule has 0 spiro atoms. The Morgan fingerprint density at radius 3 is 3.11 bits per heavy atom. The lowest BCUT2D eigenvalue weighted by atomic mass is 9.92. The van der Waals surface area contributed by atoms with Gasteiger partial charge in [-0.15, -0.1) is 11.8 Å². The summed E-state index contributed by atoms with van der Waals surface area (Å²) >= 11 is 1.97. The Labute approximate surface area is 113 Å². The molecule has 2 aliphatic heterocycles. The molecule has 1 N–H and O–H groups in total. The maximum Gasteiger partial charge on any atom is 0.110 e. The van der Waals surface area contributed by atoms with E-state index in [1.165, 1.54) is 10.5 Å². The molecule has 1 aromatic carbocycles. The summed E-state index contributed by atoms with van der Waals surface area (Å²) in [5.74, 6) is 2.84. The van der Waals surface area contributed by atoms with Crippen molar-refractivity contribution >= 4 is 11.8 Å². The molecule has 0 bridgehead atoms. The molecule has 2 unspecified atom stereocenters. The molecule has 18 heavy (non-hydrogen) atoms. The maximum atomic E-state index is 5.78. The number of ether oxygens (including phenoxy) is 1. The van der Waals surface area contributed by atoms with Crippen LogP contribution in [-0.2, 0) is 4.74 Å². The van der Waals surface area contributed by atoms with Crippen molar-refractivity contribution in [2.24, 2.45) is 0 Å². The van der Waals surface area contributed by atoms with Crippen LogP contribution in [0.5, 0.6) is 0 Å². The van der Waals surface area contributed by atoms with Crippen molar-refractivity contribution in [3.05, 3.63) is 41.7 Å². The largest absolute Gasteiger partial charge is 0.496 e. The minimum absolute atomic E-state index is 0.341. The SMILES string of the molecule is CCNC(C1=CCCO1)C1CSc2ccccc21. The molecular weight excluding hydrogens is 242 g/mol. The van der Waals surface area contributed by atoms with E-state index in [0.29, 0.717) is 12.0 Å². The number of fused-ring (bicyclic) bond motifs is 1. The monoisotopic (exact) mass is 261 g/mol. The van der Waals surface area contributed by atoms with Crippen molar-refractivity contribution in [2.75, 3.05) is 18.9 Å². The number of rotatable bonds is 4.